The van der Waals surface area contributed by atoms with E-state index in [1.807, 2.05) is 24.3 Å². The summed E-state index contributed by atoms with van der Waals surface area (Å²) in [7, 11) is 3.16. The third-order valence-electron chi connectivity index (χ3n) is 4.18. The molecule has 1 fully saturated rings. The Balaban J connectivity index is 1.96. The lowest BCUT2D eigenvalue weighted by Gasteiger charge is -2.36. The van der Waals surface area contributed by atoms with E-state index in [4.69, 9.17) is 4.74 Å². The number of hydrogen-bond acceptors (Lipinski definition) is 5. The number of hydrogen-bond donors (Lipinski definition) is 1. The predicted octanol–water partition coefficient (Wildman–Crippen LogP) is 0.576. The molecule has 0 bridgehead atoms. The first-order chi connectivity index (χ1) is 11.6. The van der Waals surface area contributed by atoms with Gasteiger partial charge in [0.2, 0.25) is 0 Å². The first-order valence-electron chi connectivity index (χ1n) is 7.81. The average Bonchev–Trinajstić information content (AvgIpc) is 2.63. The van der Waals surface area contributed by atoms with Crippen LogP contribution in [0.5, 0.6) is 5.75 Å². The molecule has 0 spiro atoms. The summed E-state index contributed by atoms with van der Waals surface area (Å²) in [4.78, 5) is 26.2. The van der Waals surface area contributed by atoms with Crippen LogP contribution < -0.4 is 15.6 Å². The summed E-state index contributed by atoms with van der Waals surface area (Å²) in [5, 5.41) is 7.40. The van der Waals surface area contributed by atoms with Crippen LogP contribution in [-0.2, 0) is 7.05 Å². The third-order valence-corrected chi connectivity index (χ3v) is 4.18. The second kappa shape index (κ2) is 6.84. The molecule has 1 aliphatic rings. The van der Waals surface area contributed by atoms with Crippen molar-refractivity contribution in [3.63, 3.8) is 0 Å². The summed E-state index contributed by atoms with van der Waals surface area (Å²) in [6, 6.07) is 10.4. The predicted molar refractivity (Wildman–Crippen MR) is 89.1 cm³/mol. The largest absolute Gasteiger partial charge is 0.496 e. The molecule has 0 radical (unpaired) electrons. The van der Waals surface area contributed by atoms with Crippen LogP contribution in [0.3, 0.4) is 0 Å². The number of rotatable bonds is 3. The van der Waals surface area contributed by atoms with Crippen LogP contribution in [-0.4, -0.2) is 47.3 Å². The normalized spacial score (nSPS) is 17.6. The Labute approximate surface area is 139 Å². The highest BCUT2D eigenvalue weighted by Crippen LogP contribution is 2.30. The maximum atomic E-state index is 12.9. The van der Waals surface area contributed by atoms with Gasteiger partial charge in [0.05, 0.1) is 13.2 Å². The van der Waals surface area contributed by atoms with Crippen LogP contribution in [0.15, 0.2) is 41.2 Å². The first-order valence-corrected chi connectivity index (χ1v) is 7.81. The van der Waals surface area contributed by atoms with E-state index >= 15 is 0 Å². The number of benzene rings is 1. The summed E-state index contributed by atoms with van der Waals surface area (Å²) in [6.07, 6.45) is 0. The van der Waals surface area contributed by atoms with E-state index in [1.165, 1.54) is 23.9 Å². The van der Waals surface area contributed by atoms with Crippen molar-refractivity contribution in [2.75, 3.05) is 26.7 Å². The molecule has 1 atom stereocenters. The van der Waals surface area contributed by atoms with E-state index in [0.717, 1.165) is 11.3 Å². The molecule has 2 aromatic rings. The third kappa shape index (κ3) is 3.03. The van der Waals surface area contributed by atoms with Crippen LogP contribution in [0.2, 0.25) is 0 Å². The lowest BCUT2D eigenvalue weighted by atomic mass is 10.0. The molecule has 7 nitrogen and oxygen atoms in total. The zero-order chi connectivity index (χ0) is 17.1. The maximum absolute atomic E-state index is 12.9. The summed E-state index contributed by atoms with van der Waals surface area (Å²) in [5.74, 6) is 0.556. The second-order valence-electron chi connectivity index (χ2n) is 5.64. The molecule has 0 aliphatic carbocycles. The van der Waals surface area contributed by atoms with Crippen LogP contribution in [0.25, 0.3) is 0 Å². The average molecular weight is 328 g/mol. The van der Waals surface area contributed by atoms with E-state index in [0.29, 0.717) is 19.6 Å². The van der Waals surface area contributed by atoms with Gasteiger partial charge in [0, 0.05) is 38.3 Å². The summed E-state index contributed by atoms with van der Waals surface area (Å²) >= 11 is 0. The molecule has 7 heteroatoms. The Bertz CT molecular complexity index is 802. The number of para-hydroxylation sites is 1. The van der Waals surface area contributed by atoms with E-state index in [1.54, 1.807) is 12.0 Å². The molecule has 0 saturated carbocycles. The Morgan fingerprint density at radius 1 is 1.29 bits per heavy atom. The van der Waals surface area contributed by atoms with Gasteiger partial charge in [0.1, 0.15) is 11.4 Å². The highest BCUT2D eigenvalue weighted by atomic mass is 16.5. The van der Waals surface area contributed by atoms with Crippen molar-refractivity contribution >= 4 is 5.91 Å². The van der Waals surface area contributed by atoms with Crippen molar-refractivity contribution in [2.45, 2.75) is 6.04 Å². The molecule has 1 N–H and O–H groups in total. The molecule has 1 aromatic carbocycles. The zero-order valence-electron chi connectivity index (χ0n) is 13.7. The maximum Gasteiger partial charge on any atom is 0.274 e. The lowest BCUT2D eigenvalue weighted by Crippen LogP contribution is -2.49. The fourth-order valence-electron chi connectivity index (χ4n) is 2.93. The standard InChI is InChI=1S/C17H20N4O3/c1-20-16(22)8-7-13(19-20)17(23)21-10-9-18-11-14(21)12-5-3-4-6-15(12)24-2/h3-8,14,18H,9-11H2,1-2H3. The first kappa shape index (κ1) is 16.2. The fourth-order valence-corrected chi connectivity index (χ4v) is 2.93. The minimum Gasteiger partial charge on any atom is -0.496 e. The number of carbonyl (C=O) groups is 1. The fraction of sp³-hybridized carbons (Fsp3) is 0.353. The molecular weight excluding hydrogens is 308 g/mol. The van der Waals surface area contributed by atoms with Gasteiger partial charge in [0.15, 0.2) is 0 Å². The SMILES string of the molecule is COc1ccccc1C1CNCCN1C(=O)c1ccc(=O)n(C)n1. The van der Waals surface area contributed by atoms with Crippen molar-refractivity contribution in [3.8, 4) is 5.75 Å². The van der Waals surface area contributed by atoms with Gasteiger partial charge in [-0.05, 0) is 12.1 Å². The van der Waals surface area contributed by atoms with Gasteiger partial charge >= 0.3 is 0 Å². The van der Waals surface area contributed by atoms with Gasteiger partial charge < -0.3 is 15.0 Å². The number of nitrogens with one attached hydrogen (secondary N) is 1. The molecule has 1 aliphatic heterocycles. The van der Waals surface area contributed by atoms with E-state index < -0.39 is 0 Å². The number of nitrogens with zero attached hydrogens (tertiary/aromatic N) is 3. The zero-order valence-corrected chi connectivity index (χ0v) is 13.7. The highest BCUT2D eigenvalue weighted by Gasteiger charge is 2.31. The molecule has 2 heterocycles. The minimum absolute atomic E-state index is 0.151. The van der Waals surface area contributed by atoms with Crippen molar-refractivity contribution in [2.24, 2.45) is 7.05 Å². The summed E-state index contributed by atoms with van der Waals surface area (Å²) in [6.45, 7) is 1.91. The summed E-state index contributed by atoms with van der Waals surface area (Å²) in [5.41, 5.74) is 0.970. The number of ether oxygens (including phenoxy) is 1. The Kier molecular flexibility index (Phi) is 4.61. The van der Waals surface area contributed by atoms with Crippen molar-refractivity contribution in [1.29, 1.82) is 0 Å². The molecule has 24 heavy (non-hydrogen) atoms. The number of aromatic nitrogens is 2. The monoisotopic (exact) mass is 328 g/mol. The minimum atomic E-state index is -0.242. The molecular formula is C17H20N4O3. The van der Waals surface area contributed by atoms with Gasteiger partial charge in [-0.15, -0.1) is 0 Å². The molecule has 1 aromatic heterocycles. The second-order valence-corrected chi connectivity index (χ2v) is 5.64. The number of piperazine rings is 1. The van der Waals surface area contributed by atoms with Crippen LogP contribution in [0, 0.1) is 0 Å². The van der Waals surface area contributed by atoms with Crippen LogP contribution >= 0.6 is 0 Å². The number of amides is 1. The quantitative estimate of drug-likeness (QED) is 0.892. The lowest BCUT2D eigenvalue weighted by molar-refractivity contribution is 0.0623. The summed E-state index contributed by atoms with van der Waals surface area (Å²) < 4.78 is 6.61. The number of aryl methyl sites for hydroxylation is 1. The Morgan fingerprint density at radius 2 is 2.08 bits per heavy atom. The van der Waals surface area contributed by atoms with Crippen LogP contribution in [0.1, 0.15) is 22.1 Å². The highest BCUT2D eigenvalue weighted by molar-refractivity contribution is 5.92. The van der Waals surface area contributed by atoms with Crippen LogP contribution in [0.4, 0.5) is 0 Å². The van der Waals surface area contributed by atoms with Gasteiger partial charge in [-0.2, -0.15) is 5.10 Å². The Hall–Kier alpha value is -2.67. The van der Waals surface area contributed by atoms with Gasteiger partial charge in [-0.25, -0.2) is 4.68 Å². The van der Waals surface area contributed by atoms with Crippen molar-refractivity contribution in [3.05, 3.63) is 58.0 Å². The molecule has 3 rings (SSSR count). The van der Waals surface area contributed by atoms with Gasteiger partial charge in [-0.1, -0.05) is 18.2 Å². The van der Waals surface area contributed by atoms with Gasteiger partial charge in [-0.3, -0.25) is 9.59 Å². The van der Waals surface area contributed by atoms with E-state index in [9.17, 15) is 9.59 Å². The van der Waals surface area contributed by atoms with E-state index in [-0.39, 0.29) is 23.2 Å². The van der Waals surface area contributed by atoms with Gasteiger partial charge in [0.25, 0.3) is 11.5 Å². The topological polar surface area (TPSA) is 76.5 Å². The molecule has 126 valence electrons. The Morgan fingerprint density at radius 3 is 2.83 bits per heavy atom. The van der Waals surface area contributed by atoms with Crippen molar-refractivity contribution < 1.29 is 9.53 Å². The van der Waals surface area contributed by atoms with Crippen molar-refractivity contribution in [1.82, 2.24) is 20.0 Å². The molecule has 1 amide bonds. The number of carbonyl (C=O) groups excluding carboxylic acids is 1. The molecule has 1 saturated heterocycles. The van der Waals surface area contributed by atoms with E-state index in [2.05, 4.69) is 10.4 Å². The molecule has 1 unspecified atom stereocenters. The smallest absolute Gasteiger partial charge is 0.274 e. The number of methoxy groups -OCH3 is 1.